The highest BCUT2D eigenvalue weighted by Crippen LogP contribution is 2.23. The molecule has 0 amide bonds. The molecule has 0 saturated carbocycles. The zero-order valence-electron chi connectivity index (χ0n) is 9.06. The molecule has 4 heteroatoms. The Hall–Kier alpha value is -1.13. The van der Waals surface area contributed by atoms with Crippen LogP contribution in [-0.4, -0.2) is 31.3 Å². The smallest absolute Gasteiger partial charge is 0.213 e. The minimum Gasteiger partial charge on any atom is -0.481 e. The van der Waals surface area contributed by atoms with Gasteiger partial charge in [-0.3, -0.25) is 0 Å². The molecule has 2 rings (SSSR count). The van der Waals surface area contributed by atoms with Crippen molar-refractivity contribution in [1.29, 1.82) is 0 Å². The van der Waals surface area contributed by atoms with Crippen molar-refractivity contribution >= 4 is 0 Å². The lowest BCUT2D eigenvalue weighted by atomic mass is 10.1. The van der Waals surface area contributed by atoms with Crippen molar-refractivity contribution in [3.05, 3.63) is 23.9 Å². The number of pyridine rings is 1. The van der Waals surface area contributed by atoms with E-state index in [4.69, 9.17) is 9.47 Å². The van der Waals surface area contributed by atoms with E-state index >= 15 is 0 Å². The second kappa shape index (κ2) is 4.59. The summed E-state index contributed by atoms with van der Waals surface area (Å²) in [5, 5.41) is 3.33. The van der Waals surface area contributed by atoms with Gasteiger partial charge >= 0.3 is 0 Å². The molecule has 1 aliphatic heterocycles. The molecule has 0 spiro atoms. The number of hydrogen-bond acceptors (Lipinski definition) is 4. The molecule has 1 unspecified atom stereocenters. The summed E-state index contributed by atoms with van der Waals surface area (Å²) in [5.74, 6) is 0.634. The zero-order chi connectivity index (χ0) is 10.7. The summed E-state index contributed by atoms with van der Waals surface area (Å²) >= 11 is 0. The Morgan fingerprint density at radius 3 is 3.13 bits per heavy atom. The van der Waals surface area contributed by atoms with Gasteiger partial charge in [-0.05, 0) is 18.6 Å². The van der Waals surface area contributed by atoms with Crippen LogP contribution < -0.4 is 10.1 Å². The van der Waals surface area contributed by atoms with E-state index in [1.54, 1.807) is 13.3 Å². The zero-order valence-corrected chi connectivity index (χ0v) is 9.06. The Morgan fingerprint density at radius 2 is 2.40 bits per heavy atom. The molecule has 0 bridgehead atoms. The highest BCUT2D eigenvalue weighted by Gasteiger charge is 2.20. The second-order valence-corrected chi connectivity index (χ2v) is 3.73. The molecule has 4 nitrogen and oxygen atoms in total. The van der Waals surface area contributed by atoms with Crippen LogP contribution in [0.1, 0.15) is 18.6 Å². The van der Waals surface area contributed by atoms with Crippen LogP contribution in [0.15, 0.2) is 18.3 Å². The third-order valence-electron chi connectivity index (χ3n) is 2.50. The number of nitrogens with zero attached hydrogens (tertiary/aromatic N) is 1. The minimum absolute atomic E-state index is 0.102. The lowest BCUT2D eigenvalue weighted by molar-refractivity contribution is -0.0288. The van der Waals surface area contributed by atoms with Crippen LogP contribution in [0.2, 0.25) is 0 Å². The number of nitrogens with one attached hydrogen (secondary N) is 1. The number of methoxy groups -OCH3 is 1. The first-order valence-corrected chi connectivity index (χ1v) is 5.15. The van der Waals surface area contributed by atoms with Gasteiger partial charge in [-0.1, -0.05) is 0 Å². The summed E-state index contributed by atoms with van der Waals surface area (Å²) in [6, 6.07) is 3.89. The minimum atomic E-state index is 0.102. The molecule has 1 aromatic rings. The molecule has 0 radical (unpaired) electrons. The molecule has 1 N–H and O–H groups in total. The van der Waals surface area contributed by atoms with Gasteiger partial charge in [-0.2, -0.15) is 0 Å². The molecule has 82 valence electrons. The normalized spacial score (nSPS) is 26.3. The Balaban J connectivity index is 2.13. The van der Waals surface area contributed by atoms with Crippen molar-refractivity contribution < 1.29 is 9.47 Å². The van der Waals surface area contributed by atoms with Gasteiger partial charge < -0.3 is 14.8 Å². The number of ether oxygens (including phenoxy) is 2. The van der Waals surface area contributed by atoms with Gasteiger partial charge in [-0.15, -0.1) is 0 Å². The van der Waals surface area contributed by atoms with Gasteiger partial charge in [0.05, 0.1) is 19.3 Å². The van der Waals surface area contributed by atoms with Crippen molar-refractivity contribution in [2.75, 3.05) is 20.2 Å². The molecule has 2 atom stereocenters. The quantitative estimate of drug-likeness (QED) is 0.791. The van der Waals surface area contributed by atoms with E-state index in [0.29, 0.717) is 5.88 Å². The summed E-state index contributed by atoms with van der Waals surface area (Å²) in [4.78, 5) is 4.07. The van der Waals surface area contributed by atoms with Crippen LogP contribution in [0.4, 0.5) is 0 Å². The maximum Gasteiger partial charge on any atom is 0.213 e. The van der Waals surface area contributed by atoms with Crippen LogP contribution in [0.25, 0.3) is 0 Å². The van der Waals surface area contributed by atoms with Crippen LogP contribution in [0, 0.1) is 0 Å². The van der Waals surface area contributed by atoms with Crippen LogP contribution in [0.5, 0.6) is 5.88 Å². The molecule has 0 aliphatic carbocycles. The van der Waals surface area contributed by atoms with Gasteiger partial charge in [0.1, 0.15) is 0 Å². The lowest BCUT2D eigenvalue weighted by Gasteiger charge is -2.29. The van der Waals surface area contributed by atoms with E-state index in [1.165, 1.54) is 0 Å². The molecule has 0 aromatic carbocycles. The average Bonchev–Trinajstić information content (AvgIpc) is 2.29. The fourth-order valence-corrected chi connectivity index (χ4v) is 1.73. The Kier molecular flexibility index (Phi) is 3.18. The molecular formula is C11H16N2O2. The standard InChI is InChI=1S/C11H16N2O2/c1-8-6-12-7-10(15-8)9-3-4-13-11(5-9)14-2/h3-5,8,10,12H,6-7H2,1-2H3/t8?,10-/m0/s1. The fraction of sp³-hybridized carbons (Fsp3) is 0.545. The number of morpholine rings is 1. The van der Waals surface area contributed by atoms with Crippen LogP contribution in [0.3, 0.4) is 0 Å². The molecular weight excluding hydrogens is 192 g/mol. The molecule has 1 aliphatic rings. The summed E-state index contributed by atoms with van der Waals surface area (Å²) < 4.78 is 10.9. The maximum absolute atomic E-state index is 5.83. The van der Waals surface area contributed by atoms with Gasteiger partial charge in [0, 0.05) is 25.4 Å². The molecule has 15 heavy (non-hydrogen) atoms. The lowest BCUT2D eigenvalue weighted by Crippen LogP contribution is -2.38. The van der Waals surface area contributed by atoms with Gasteiger partial charge in [0.25, 0.3) is 0 Å². The van der Waals surface area contributed by atoms with Crippen molar-refractivity contribution in [3.63, 3.8) is 0 Å². The van der Waals surface area contributed by atoms with E-state index < -0.39 is 0 Å². The third kappa shape index (κ3) is 2.46. The predicted molar refractivity (Wildman–Crippen MR) is 56.9 cm³/mol. The van der Waals surface area contributed by atoms with Crippen LogP contribution >= 0.6 is 0 Å². The Morgan fingerprint density at radius 1 is 1.53 bits per heavy atom. The second-order valence-electron chi connectivity index (χ2n) is 3.73. The number of rotatable bonds is 2. The van der Waals surface area contributed by atoms with Crippen molar-refractivity contribution in [1.82, 2.24) is 10.3 Å². The monoisotopic (exact) mass is 208 g/mol. The molecule has 1 fully saturated rings. The molecule has 2 heterocycles. The summed E-state index contributed by atoms with van der Waals surface area (Å²) in [7, 11) is 1.62. The van der Waals surface area contributed by atoms with E-state index in [9.17, 15) is 0 Å². The topological polar surface area (TPSA) is 43.4 Å². The Bertz CT molecular complexity index is 330. The highest BCUT2D eigenvalue weighted by atomic mass is 16.5. The molecule has 1 aromatic heterocycles. The first-order chi connectivity index (χ1) is 7.29. The van der Waals surface area contributed by atoms with Crippen molar-refractivity contribution in [2.45, 2.75) is 19.1 Å². The number of hydrogen-bond donors (Lipinski definition) is 1. The van der Waals surface area contributed by atoms with Gasteiger partial charge in [0.2, 0.25) is 5.88 Å². The fourth-order valence-electron chi connectivity index (χ4n) is 1.73. The summed E-state index contributed by atoms with van der Waals surface area (Å²) in [6.45, 7) is 3.83. The molecule has 1 saturated heterocycles. The van der Waals surface area contributed by atoms with Crippen molar-refractivity contribution in [3.8, 4) is 5.88 Å². The maximum atomic E-state index is 5.83. The number of aromatic nitrogens is 1. The average molecular weight is 208 g/mol. The van der Waals surface area contributed by atoms with Crippen LogP contribution in [-0.2, 0) is 4.74 Å². The van der Waals surface area contributed by atoms with E-state index in [1.807, 2.05) is 12.1 Å². The summed E-state index contributed by atoms with van der Waals surface area (Å²) in [6.07, 6.45) is 2.10. The van der Waals surface area contributed by atoms with Gasteiger partial charge in [0.15, 0.2) is 0 Å². The van der Waals surface area contributed by atoms with Crippen molar-refractivity contribution in [2.24, 2.45) is 0 Å². The first kappa shape index (κ1) is 10.4. The first-order valence-electron chi connectivity index (χ1n) is 5.15. The van der Waals surface area contributed by atoms with E-state index in [2.05, 4.69) is 17.2 Å². The van der Waals surface area contributed by atoms with E-state index in [0.717, 1.165) is 18.7 Å². The largest absolute Gasteiger partial charge is 0.481 e. The third-order valence-corrected chi connectivity index (χ3v) is 2.50. The van der Waals surface area contributed by atoms with E-state index in [-0.39, 0.29) is 12.2 Å². The summed E-state index contributed by atoms with van der Waals surface area (Å²) in [5.41, 5.74) is 1.11. The highest BCUT2D eigenvalue weighted by molar-refractivity contribution is 5.23. The Labute approximate surface area is 89.6 Å². The SMILES string of the molecule is COc1cc([C@@H]2CNCC(C)O2)ccn1. The predicted octanol–water partition coefficient (Wildman–Crippen LogP) is 1.14. The van der Waals surface area contributed by atoms with Gasteiger partial charge in [-0.25, -0.2) is 4.98 Å².